The Hall–Kier alpha value is -0.160. The number of hydrogen-bond acceptors (Lipinski definition) is 4. The Morgan fingerprint density at radius 2 is 2.31 bits per heavy atom. The molecule has 1 N–H and O–H groups in total. The summed E-state index contributed by atoms with van der Waals surface area (Å²) in [5.74, 6) is 0. The largest absolute Gasteiger partial charge is 0.383 e. The van der Waals surface area contributed by atoms with Crippen LogP contribution in [0.15, 0.2) is 0 Å². The Morgan fingerprint density at radius 1 is 1.44 bits per heavy atom. The van der Waals surface area contributed by atoms with E-state index in [9.17, 15) is 0 Å². The van der Waals surface area contributed by atoms with Crippen LogP contribution in [0.1, 0.15) is 19.8 Å². The fraction of sp³-hybridized carbons (Fsp3) is 1.00. The Balaban J connectivity index is 2.30. The predicted molar refractivity (Wildman–Crippen MR) is 63.7 cm³/mol. The van der Waals surface area contributed by atoms with Gasteiger partial charge in [-0.25, -0.2) is 0 Å². The van der Waals surface area contributed by atoms with Gasteiger partial charge in [-0.2, -0.15) is 0 Å². The molecule has 1 rings (SSSR count). The average molecular weight is 231 g/mol. The molecule has 0 saturated carbocycles. The summed E-state index contributed by atoms with van der Waals surface area (Å²) in [6.07, 6.45) is 2.33. The molecular weight excluding hydrogens is 206 g/mol. The van der Waals surface area contributed by atoms with Crippen LogP contribution in [-0.4, -0.2) is 53.2 Å². The molecule has 1 saturated heterocycles. The fourth-order valence-corrected chi connectivity index (χ4v) is 2.06. The first-order valence-corrected chi connectivity index (χ1v) is 6.18. The molecule has 0 radical (unpaired) electrons. The lowest BCUT2D eigenvalue weighted by atomic mass is 9.83. The van der Waals surface area contributed by atoms with Gasteiger partial charge in [-0.3, -0.25) is 0 Å². The van der Waals surface area contributed by atoms with Crippen molar-refractivity contribution in [2.24, 2.45) is 5.41 Å². The molecule has 4 heteroatoms. The van der Waals surface area contributed by atoms with Gasteiger partial charge in [0.05, 0.1) is 19.8 Å². The second-order valence-electron chi connectivity index (χ2n) is 4.46. The van der Waals surface area contributed by atoms with E-state index in [0.717, 1.165) is 52.5 Å². The Bertz CT molecular complexity index is 170. The first-order valence-electron chi connectivity index (χ1n) is 6.18. The van der Waals surface area contributed by atoms with Gasteiger partial charge in [0.1, 0.15) is 0 Å². The van der Waals surface area contributed by atoms with Gasteiger partial charge in [0, 0.05) is 38.8 Å². The molecule has 0 amide bonds. The average Bonchev–Trinajstić information content (AvgIpc) is 2.34. The minimum atomic E-state index is 0.169. The van der Waals surface area contributed by atoms with Crippen LogP contribution in [0.5, 0.6) is 0 Å². The highest BCUT2D eigenvalue weighted by Gasteiger charge is 2.32. The Kier molecular flexibility index (Phi) is 6.96. The van der Waals surface area contributed by atoms with Crippen LogP contribution in [0.2, 0.25) is 0 Å². The van der Waals surface area contributed by atoms with Crippen molar-refractivity contribution in [3.05, 3.63) is 0 Å². The lowest BCUT2D eigenvalue weighted by Crippen LogP contribution is -2.45. The summed E-state index contributed by atoms with van der Waals surface area (Å²) in [4.78, 5) is 0. The van der Waals surface area contributed by atoms with Gasteiger partial charge in [-0.15, -0.1) is 0 Å². The highest BCUT2D eigenvalue weighted by molar-refractivity contribution is 4.84. The van der Waals surface area contributed by atoms with Crippen LogP contribution in [-0.2, 0) is 14.2 Å². The molecule has 96 valence electrons. The Labute approximate surface area is 98.6 Å². The van der Waals surface area contributed by atoms with Crippen LogP contribution in [0.25, 0.3) is 0 Å². The number of hydrogen-bond donors (Lipinski definition) is 1. The molecule has 0 aromatic rings. The summed E-state index contributed by atoms with van der Waals surface area (Å²) >= 11 is 0. The smallest absolute Gasteiger partial charge is 0.0587 e. The van der Waals surface area contributed by atoms with E-state index in [-0.39, 0.29) is 5.41 Å². The van der Waals surface area contributed by atoms with E-state index in [2.05, 4.69) is 5.32 Å². The zero-order chi connectivity index (χ0) is 11.7. The van der Waals surface area contributed by atoms with E-state index in [1.165, 1.54) is 6.42 Å². The van der Waals surface area contributed by atoms with E-state index in [1.54, 1.807) is 7.11 Å². The van der Waals surface area contributed by atoms with Gasteiger partial charge in [-0.1, -0.05) is 0 Å². The minimum absolute atomic E-state index is 0.169. The zero-order valence-electron chi connectivity index (χ0n) is 10.6. The third-order valence-corrected chi connectivity index (χ3v) is 3.00. The van der Waals surface area contributed by atoms with Crippen molar-refractivity contribution in [2.75, 3.05) is 53.2 Å². The molecule has 1 atom stereocenters. The van der Waals surface area contributed by atoms with E-state index in [1.807, 2.05) is 6.92 Å². The SMILES string of the molecule is CCOCC1(CNCCOC)CCCOC1. The van der Waals surface area contributed by atoms with E-state index in [0.29, 0.717) is 0 Å². The minimum Gasteiger partial charge on any atom is -0.383 e. The molecule has 1 fully saturated rings. The zero-order valence-corrected chi connectivity index (χ0v) is 10.6. The highest BCUT2D eigenvalue weighted by atomic mass is 16.5. The van der Waals surface area contributed by atoms with Crippen molar-refractivity contribution in [1.82, 2.24) is 5.32 Å². The van der Waals surface area contributed by atoms with E-state index >= 15 is 0 Å². The number of nitrogens with one attached hydrogen (secondary N) is 1. The van der Waals surface area contributed by atoms with Crippen LogP contribution in [0.3, 0.4) is 0 Å². The van der Waals surface area contributed by atoms with Gasteiger partial charge in [0.25, 0.3) is 0 Å². The molecule has 1 aliphatic rings. The van der Waals surface area contributed by atoms with Crippen molar-refractivity contribution in [3.8, 4) is 0 Å². The topological polar surface area (TPSA) is 39.7 Å². The van der Waals surface area contributed by atoms with Crippen LogP contribution in [0, 0.1) is 5.41 Å². The van der Waals surface area contributed by atoms with Crippen molar-refractivity contribution >= 4 is 0 Å². The van der Waals surface area contributed by atoms with Gasteiger partial charge in [0.2, 0.25) is 0 Å². The van der Waals surface area contributed by atoms with Gasteiger partial charge in [0.15, 0.2) is 0 Å². The molecule has 1 unspecified atom stereocenters. The summed E-state index contributed by atoms with van der Waals surface area (Å²) in [5.41, 5.74) is 0.169. The number of ether oxygens (including phenoxy) is 3. The van der Waals surface area contributed by atoms with Crippen molar-refractivity contribution < 1.29 is 14.2 Å². The highest BCUT2D eigenvalue weighted by Crippen LogP contribution is 2.28. The van der Waals surface area contributed by atoms with Gasteiger partial charge < -0.3 is 19.5 Å². The molecule has 0 aromatic carbocycles. The van der Waals surface area contributed by atoms with E-state index in [4.69, 9.17) is 14.2 Å². The van der Waals surface area contributed by atoms with Crippen molar-refractivity contribution in [3.63, 3.8) is 0 Å². The standard InChI is InChI=1S/C12H25NO3/c1-3-15-10-12(5-4-7-16-11-12)9-13-6-8-14-2/h13H,3-11H2,1-2H3. The maximum Gasteiger partial charge on any atom is 0.0587 e. The molecular formula is C12H25NO3. The molecule has 1 aliphatic heterocycles. The quantitative estimate of drug-likeness (QED) is 0.634. The van der Waals surface area contributed by atoms with Crippen LogP contribution >= 0.6 is 0 Å². The normalized spacial score (nSPS) is 25.9. The molecule has 0 aromatic heterocycles. The number of methoxy groups -OCH3 is 1. The van der Waals surface area contributed by atoms with Crippen LogP contribution in [0.4, 0.5) is 0 Å². The second kappa shape index (κ2) is 8.01. The summed E-state index contributed by atoms with van der Waals surface area (Å²) in [6, 6.07) is 0. The number of rotatable bonds is 8. The fourth-order valence-electron chi connectivity index (χ4n) is 2.06. The molecule has 0 spiro atoms. The van der Waals surface area contributed by atoms with Gasteiger partial charge >= 0.3 is 0 Å². The molecule has 4 nitrogen and oxygen atoms in total. The van der Waals surface area contributed by atoms with Gasteiger partial charge in [-0.05, 0) is 19.8 Å². The van der Waals surface area contributed by atoms with Crippen molar-refractivity contribution in [1.29, 1.82) is 0 Å². The molecule has 0 aliphatic carbocycles. The lowest BCUT2D eigenvalue weighted by Gasteiger charge is -2.37. The Morgan fingerprint density at radius 3 is 2.94 bits per heavy atom. The summed E-state index contributed by atoms with van der Waals surface area (Å²) in [7, 11) is 1.72. The monoisotopic (exact) mass is 231 g/mol. The summed E-state index contributed by atoms with van der Waals surface area (Å²) < 4.78 is 16.2. The predicted octanol–water partition coefficient (Wildman–Crippen LogP) is 1.06. The summed E-state index contributed by atoms with van der Waals surface area (Å²) in [5, 5.41) is 3.42. The second-order valence-corrected chi connectivity index (χ2v) is 4.46. The molecule has 1 heterocycles. The first kappa shape index (κ1) is 13.9. The molecule has 0 bridgehead atoms. The molecule has 16 heavy (non-hydrogen) atoms. The third-order valence-electron chi connectivity index (χ3n) is 3.00. The van der Waals surface area contributed by atoms with Crippen molar-refractivity contribution in [2.45, 2.75) is 19.8 Å². The lowest BCUT2D eigenvalue weighted by molar-refractivity contribution is -0.0561. The maximum absolute atomic E-state index is 5.59. The summed E-state index contributed by atoms with van der Waals surface area (Å²) in [6.45, 7) is 7.92. The van der Waals surface area contributed by atoms with Crippen LogP contribution < -0.4 is 5.32 Å². The third kappa shape index (κ3) is 4.78. The maximum atomic E-state index is 5.59. The first-order chi connectivity index (χ1) is 7.83. The van der Waals surface area contributed by atoms with E-state index < -0.39 is 0 Å².